The second kappa shape index (κ2) is 63.8. The number of hydroxylamine groups is 6. The lowest BCUT2D eigenvalue weighted by atomic mass is 9.89. The van der Waals surface area contributed by atoms with Crippen LogP contribution in [0.15, 0.2) is 60.7 Å². The summed E-state index contributed by atoms with van der Waals surface area (Å²) in [5, 5.41) is 83.6. The second-order valence-corrected chi connectivity index (χ2v) is 31.5. The summed E-state index contributed by atoms with van der Waals surface area (Å²) in [6.45, 7) is 0.960. The maximum absolute atomic E-state index is 14.4. The third-order valence-corrected chi connectivity index (χ3v) is 21.5. The van der Waals surface area contributed by atoms with Crippen molar-refractivity contribution in [2.45, 2.75) is 267 Å². The summed E-state index contributed by atoms with van der Waals surface area (Å²) in [7, 11) is 0. The number of benzene rings is 2. The lowest BCUT2D eigenvalue weighted by Gasteiger charge is -2.23. The zero-order valence-corrected chi connectivity index (χ0v) is 71.2. The van der Waals surface area contributed by atoms with E-state index in [4.69, 9.17) is 20.4 Å². The first-order valence-electron chi connectivity index (χ1n) is 42.0. The number of nitrogens with zero attached hydrogens (tertiary/aromatic N) is 4. The molecule has 7 atom stereocenters. The monoisotopic (exact) mass is 1770 g/mol. The molecule has 688 valence electrons. The Kier molecular flexibility index (Phi) is 56.1. The molecular weight excluding hydrogens is 1640 g/mol. The van der Waals surface area contributed by atoms with Crippen LogP contribution in [0.25, 0.3) is 0 Å². The van der Waals surface area contributed by atoms with Crippen molar-refractivity contribution in [2.75, 3.05) is 51.6 Å². The molecule has 0 spiro atoms. The topological polar surface area (TPSA) is 611 Å². The number of imide groups is 1. The average Bonchev–Trinajstić information content (AvgIpc) is 1.69. The van der Waals surface area contributed by atoms with Crippen LogP contribution in [0.5, 0.6) is 0 Å². The third kappa shape index (κ3) is 49.9. The molecule has 1 aliphatic rings. The number of hydrogen-bond acceptors (Lipinski definition) is 26. The van der Waals surface area contributed by atoms with E-state index in [1.807, 2.05) is 0 Å². The molecule has 40 heteroatoms. The number of carbonyl (C=O) groups excluding carboxylic acids is 17. The molecule has 0 aromatic heterocycles. The minimum atomic E-state index is -1.82. The molecule has 1 fully saturated rings. The van der Waals surface area contributed by atoms with Gasteiger partial charge in [-0.25, -0.2) is 24.8 Å². The first kappa shape index (κ1) is 109. The van der Waals surface area contributed by atoms with Crippen LogP contribution < -0.4 is 37.6 Å². The first-order chi connectivity index (χ1) is 59.0. The van der Waals surface area contributed by atoms with E-state index in [9.17, 15) is 122 Å². The first-order valence-corrected chi connectivity index (χ1v) is 43.0. The fourth-order valence-corrected chi connectivity index (χ4v) is 14.2. The lowest BCUT2D eigenvalue weighted by molar-refractivity contribution is -0.192. The number of likely N-dealkylation sites (tertiary alicyclic amines) is 1. The minimum absolute atomic E-state index is 0.00256. The van der Waals surface area contributed by atoms with Crippen LogP contribution in [0, 0.1) is 11.8 Å². The maximum atomic E-state index is 14.4. The van der Waals surface area contributed by atoms with Crippen molar-refractivity contribution in [3.63, 3.8) is 0 Å². The van der Waals surface area contributed by atoms with Gasteiger partial charge in [0, 0.05) is 154 Å². The highest BCUT2D eigenvalue weighted by molar-refractivity contribution is 8.00. The number of nitrogens with two attached hydrogens (primary N) is 1. The van der Waals surface area contributed by atoms with E-state index in [0.717, 1.165) is 42.3 Å². The number of urea groups is 1. The molecule has 0 bridgehead atoms. The van der Waals surface area contributed by atoms with Gasteiger partial charge in [-0.1, -0.05) is 112 Å². The zero-order chi connectivity index (χ0) is 92.3. The van der Waals surface area contributed by atoms with Crippen LogP contribution in [0.4, 0.5) is 4.79 Å². The van der Waals surface area contributed by atoms with Gasteiger partial charge in [0.05, 0.1) is 29.7 Å². The number of thioether (sulfide) groups is 1. The fourth-order valence-electron chi connectivity index (χ4n) is 12.9. The standard InChI is InChI=1S/C83H123N11O26S.CO2/c1-56(95)92(118)44-22-8-6-18-31-62(97)36-39-73(103)93(119)46-24-12-21-42-85-71(101)38-40-74(104)94(120)45-23-9-7-19-32-63(98)41-47-91-75(105)53-70(80(91)112)121-55-60(81(113)114)51-69(100)67(52-77(108)109)89-79(111)64(84)54-87-78(110)59(48-57-26-13-10-14-27-57)50-68(99)66(49-58-28-15-11-16-29-58)88-72(102)33-20-5-3-2-4-17-30-61(96)35-37-65(82(115)116)90-83(117)86-43-25-34-76(106)107;2-1-3/h10-11,13-16,26-29,59-60,64-67,70,118-120H,2-9,12,17-25,30-55,84H2,1H3,(H,85,101)(H,87,110)(H,88,102)(H,89,111)(H,106,107)(H,108,109)(H,113,114)(H,115,116)(H2,86,90,117);/t59-,60+,64+,65+,66+,67+,70?;/m1./s1. The van der Waals surface area contributed by atoms with Gasteiger partial charge in [0.25, 0.3) is 0 Å². The molecule has 2 aromatic rings. The summed E-state index contributed by atoms with van der Waals surface area (Å²) in [5.74, 6) is -16.1. The van der Waals surface area contributed by atoms with E-state index in [0.29, 0.717) is 110 Å². The van der Waals surface area contributed by atoms with Gasteiger partial charge in [0.15, 0.2) is 11.6 Å². The van der Waals surface area contributed by atoms with Gasteiger partial charge in [0.2, 0.25) is 53.2 Å². The number of hydrogen-bond donors (Lipinski definition) is 14. The number of aliphatic carboxylic acids is 4. The Morgan fingerprint density at radius 3 is 1.49 bits per heavy atom. The highest BCUT2D eigenvalue weighted by Crippen LogP contribution is 2.29. The summed E-state index contributed by atoms with van der Waals surface area (Å²) in [6, 6.07) is 10.9. The van der Waals surface area contributed by atoms with Crippen LogP contribution in [-0.2, 0) is 109 Å². The van der Waals surface area contributed by atoms with E-state index >= 15 is 0 Å². The van der Waals surface area contributed by atoms with Gasteiger partial charge in [0.1, 0.15) is 29.4 Å². The molecule has 39 nitrogen and oxygen atoms in total. The van der Waals surface area contributed by atoms with E-state index in [-0.39, 0.29) is 172 Å². The number of amides is 11. The predicted molar refractivity (Wildman–Crippen MR) is 442 cm³/mol. The lowest BCUT2D eigenvalue weighted by Crippen LogP contribution is -2.53. The molecule has 0 radical (unpaired) electrons. The number of ketones is 5. The van der Waals surface area contributed by atoms with Crippen LogP contribution >= 0.6 is 11.8 Å². The summed E-state index contributed by atoms with van der Waals surface area (Å²) in [5.41, 5.74) is 7.59. The number of carboxylic acid groups (broad SMARTS) is 4. The predicted octanol–water partition coefficient (Wildman–Crippen LogP) is 4.91. The Hall–Kier alpha value is -11.1. The number of carboxylic acids is 4. The van der Waals surface area contributed by atoms with E-state index in [2.05, 4.69) is 31.9 Å². The van der Waals surface area contributed by atoms with Gasteiger partial charge < -0.3 is 58.1 Å². The smallest absolute Gasteiger partial charge is 0.373 e. The van der Waals surface area contributed by atoms with E-state index in [1.54, 1.807) is 60.7 Å². The molecule has 124 heavy (non-hydrogen) atoms. The molecule has 0 saturated carbocycles. The Morgan fingerprint density at radius 1 is 0.468 bits per heavy atom. The van der Waals surface area contributed by atoms with Crippen molar-refractivity contribution >= 4 is 130 Å². The molecule has 1 aliphatic heterocycles. The minimum Gasteiger partial charge on any atom is -0.481 e. The zero-order valence-electron chi connectivity index (χ0n) is 70.4. The highest BCUT2D eigenvalue weighted by Gasteiger charge is 2.41. The quantitative estimate of drug-likeness (QED) is 0.0181. The van der Waals surface area contributed by atoms with Gasteiger partial charge in [-0.05, 0) is 94.6 Å². The summed E-state index contributed by atoms with van der Waals surface area (Å²) < 4.78 is 0. The molecular formula is C84H123N11O28S. The summed E-state index contributed by atoms with van der Waals surface area (Å²) in [4.78, 5) is 258. The second-order valence-electron chi connectivity index (χ2n) is 30.3. The number of unbranched alkanes of at least 4 members (excludes halogenated alkanes) is 13. The van der Waals surface area contributed by atoms with E-state index in [1.165, 1.54) is 6.92 Å². The Balaban J connectivity index is 0.0000171. The molecule has 0 aliphatic carbocycles. The highest BCUT2D eigenvalue weighted by atomic mass is 32.2. The van der Waals surface area contributed by atoms with Crippen LogP contribution in [0.3, 0.4) is 0 Å². The largest absolute Gasteiger partial charge is 0.481 e. The molecule has 1 heterocycles. The maximum Gasteiger partial charge on any atom is 0.373 e. The van der Waals surface area contributed by atoms with Crippen molar-refractivity contribution in [1.82, 2.24) is 52.0 Å². The van der Waals surface area contributed by atoms with Crippen molar-refractivity contribution in [1.29, 1.82) is 0 Å². The van der Waals surface area contributed by atoms with Gasteiger partial charge in [-0.3, -0.25) is 102 Å². The molecule has 1 unspecified atom stereocenters. The van der Waals surface area contributed by atoms with Crippen LogP contribution in [0.1, 0.15) is 236 Å². The number of Topliss-reactive ketones (excluding diaryl/α,β-unsaturated/α-hetero) is 5. The normalized spacial score (nSPS) is 13.6. The van der Waals surface area contributed by atoms with Crippen molar-refractivity contribution in [3.05, 3.63) is 71.8 Å². The molecule has 1 saturated heterocycles. The van der Waals surface area contributed by atoms with Gasteiger partial charge >= 0.3 is 36.1 Å². The van der Waals surface area contributed by atoms with Crippen LogP contribution in [-0.4, -0.2) is 255 Å². The van der Waals surface area contributed by atoms with Gasteiger partial charge in [-0.2, -0.15) is 9.59 Å². The van der Waals surface area contributed by atoms with Gasteiger partial charge in [-0.15, -0.1) is 11.8 Å². The van der Waals surface area contributed by atoms with Crippen molar-refractivity contribution in [2.24, 2.45) is 17.6 Å². The molecule has 11 amide bonds. The number of rotatable bonds is 69. The fraction of sp³-hybridized carbons (Fsp3) is 0.619. The Morgan fingerprint density at radius 2 is 0.952 bits per heavy atom. The number of nitrogens with one attached hydrogen (secondary N) is 6. The third-order valence-electron chi connectivity index (χ3n) is 20.1. The molecule has 2 aromatic carbocycles. The number of carbonyl (C=O) groups is 19. The average molecular weight is 1770 g/mol. The van der Waals surface area contributed by atoms with Crippen molar-refractivity contribution < 1.29 is 137 Å². The van der Waals surface area contributed by atoms with E-state index < -0.39 is 161 Å². The summed E-state index contributed by atoms with van der Waals surface area (Å²) >= 11 is 0.774. The SMILES string of the molecule is CC(=O)N(O)CCCCCCC(=O)CCC(=O)N(O)CCCCCNC(=O)CCC(=O)N(O)CCCCCCC(=O)CCN1C(=O)CC(SC[C@H](CC(=O)[C@H](CC(=O)O)NC(=O)[C@@H](N)CNC(=O)[C@@H](CC(=O)[C@H](Cc2ccccc2)NC(=O)CCCCCCCCC(=O)CC[C@H](NC(=O)NCCCC(=O)O)C(=O)O)Cc2ccccc2)C(=O)O)C1=O.O=C=O. The molecule has 15 N–H and O–H groups in total. The Labute approximate surface area is 723 Å². The molecule has 3 rings (SSSR count). The van der Waals surface area contributed by atoms with Crippen LogP contribution in [0.2, 0.25) is 0 Å². The Bertz CT molecular complexity index is 3830. The van der Waals surface area contributed by atoms with Crippen molar-refractivity contribution in [3.8, 4) is 0 Å². The summed E-state index contributed by atoms with van der Waals surface area (Å²) in [6.07, 6.45) is 7.32.